The normalized spacial score (nSPS) is 25.6. The number of carbonyl (C=O) groups is 2. The molecular weight excluding hydrogens is 820 g/mol. The third-order valence-electron chi connectivity index (χ3n) is 14.8. The van der Waals surface area contributed by atoms with E-state index in [0.717, 1.165) is 78.7 Å². The van der Waals surface area contributed by atoms with E-state index in [1.54, 1.807) is 42.6 Å². The van der Waals surface area contributed by atoms with E-state index in [0.29, 0.717) is 59.5 Å². The van der Waals surface area contributed by atoms with E-state index in [1.807, 2.05) is 19.3 Å². The molecule has 6 unspecified atom stereocenters. The van der Waals surface area contributed by atoms with Gasteiger partial charge in [0.05, 0.1) is 11.0 Å². The van der Waals surface area contributed by atoms with Crippen LogP contribution in [0.15, 0.2) is 107 Å². The zero-order valence-electron chi connectivity index (χ0n) is 35.6. The van der Waals surface area contributed by atoms with Crippen LogP contribution in [0.25, 0.3) is 21.8 Å². The number of pyridine rings is 4. The number of hydrogen-bond acceptors (Lipinski definition) is 7. The highest BCUT2D eigenvalue weighted by atomic mass is 35.5. The van der Waals surface area contributed by atoms with Crippen LogP contribution in [0.5, 0.6) is 0 Å². The lowest BCUT2D eigenvalue weighted by Crippen LogP contribution is -2.22. The number of benzene rings is 2. The number of ketones is 1. The fourth-order valence-corrected chi connectivity index (χ4v) is 11.6. The van der Waals surface area contributed by atoms with E-state index >= 15 is 0 Å². The third-order valence-corrected chi connectivity index (χ3v) is 15.1. The van der Waals surface area contributed by atoms with Crippen molar-refractivity contribution in [1.82, 2.24) is 19.9 Å². The van der Waals surface area contributed by atoms with Crippen molar-refractivity contribution in [1.29, 1.82) is 0 Å². The highest BCUT2D eigenvalue weighted by Gasteiger charge is 2.46. The summed E-state index contributed by atoms with van der Waals surface area (Å²) in [5.74, 6) is 4.19. The monoisotopic (exact) mass is 873 g/mol. The van der Waals surface area contributed by atoms with Gasteiger partial charge in [-0.15, -0.1) is 0 Å². The summed E-state index contributed by atoms with van der Waals surface area (Å²) in [5.41, 5.74) is 10.6. The molecule has 6 aromatic rings. The molecule has 0 spiro atoms. The number of nitrogen functional groups attached to an aromatic ring is 1. The highest BCUT2D eigenvalue weighted by Crippen LogP contribution is 2.56. The molecule has 10 atom stereocenters. The molecule has 0 radical (unpaired) electrons. The number of nitrogens with one attached hydrogen (secondary N) is 2. The summed E-state index contributed by atoms with van der Waals surface area (Å²) in [7, 11) is 0. The Labute approximate surface area is 370 Å². The van der Waals surface area contributed by atoms with Crippen LogP contribution in [0.4, 0.5) is 14.5 Å². The molecule has 4 saturated carbocycles. The molecule has 0 saturated heterocycles. The summed E-state index contributed by atoms with van der Waals surface area (Å²) in [5, 5.41) is 1.68. The number of nitrogens with zero attached hydrogens (tertiary/aromatic N) is 2. The fourth-order valence-electron chi connectivity index (χ4n) is 11.4. The molecular formula is C51H54ClF2N5O4. The molecule has 10 rings (SSSR count). The summed E-state index contributed by atoms with van der Waals surface area (Å²) in [6.45, 7) is 4.02. The Morgan fingerprint density at radius 2 is 1.11 bits per heavy atom. The first kappa shape index (κ1) is 44.1. The summed E-state index contributed by atoms with van der Waals surface area (Å²) >= 11 is 5.69. The second-order valence-corrected chi connectivity index (χ2v) is 18.9. The average Bonchev–Trinajstić information content (AvgIpc) is 4.06. The number of carbonyl (C=O) groups excluding carboxylic acids is 2. The molecule has 63 heavy (non-hydrogen) atoms. The van der Waals surface area contributed by atoms with Gasteiger partial charge in [-0.1, -0.05) is 19.9 Å². The molecule has 4 heterocycles. The van der Waals surface area contributed by atoms with Crippen molar-refractivity contribution in [2.75, 3.05) is 5.73 Å². The van der Waals surface area contributed by atoms with Crippen LogP contribution in [-0.2, 0) is 16.0 Å². The van der Waals surface area contributed by atoms with Crippen LogP contribution in [0.2, 0.25) is 0 Å². The maximum absolute atomic E-state index is 13.8. The maximum Gasteiger partial charge on any atom is 0.248 e. The SMILES string of the molecule is CC(C(=O)Cc1ccc(=O)[nH]c1)C1C[C@H]2CC(c3ccnc4ccc(F)cc34)C[C@H]2C1.CC(C(=O)Cl)C1C[C@H]2CC(c3ccnc4ccc(F)cc34)C[C@H]2C1.Nc1ccc(=O)[nH]c1. The molecule has 328 valence electrons. The molecule has 4 fully saturated rings. The van der Waals surface area contributed by atoms with Crippen molar-refractivity contribution < 1.29 is 18.4 Å². The number of Topliss-reactive ketones (excluding diaryl/α,β-unsaturated/α-hetero) is 1. The number of H-pyrrole nitrogens is 2. The number of aromatic amines is 2. The van der Waals surface area contributed by atoms with E-state index in [-0.39, 0.29) is 45.6 Å². The predicted molar refractivity (Wildman–Crippen MR) is 243 cm³/mol. The van der Waals surface area contributed by atoms with Crippen LogP contribution in [0.3, 0.4) is 0 Å². The van der Waals surface area contributed by atoms with Crippen molar-refractivity contribution >= 4 is 50.1 Å². The Kier molecular flexibility index (Phi) is 13.3. The topological polar surface area (TPSA) is 152 Å². The van der Waals surface area contributed by atoms with Crippen molar-refractivity contribution in [3.8, 4) is 0 Å². The van der Waals surface area contributed by atoms with Gasteiger partial charge in [-0.3, -0.25) is 29.1 Å². The zero-order chi connectivity index (χ0) is 44.4. The highest BCUT2D eigenvalue weighted by molar-refractivity contribution is 6.63. The Morgan fingerprint density at radius 3 is 1.52 bits per heavy atom. The molecule has 9 nitrogen and oxygen atoms in total. The molecule has 0 amide bonds. The van der Waals surface area contributed by atoms with Crippen LogP contribution in [-0.4, -0.2) is 31.0 Å². The van der Waals surface area contributed by atoms with Crippen molar-refractivity contribution in [3.05, 3.63) is 147 Å². The minimum absolute atomic E-state index is 0.0341. The first-order valence-corrected chi connectivity index (χ1v) is 22.6. The number of fused-ring (bicyclic) bond motifs is 4. The van der Waals surface area contributed by atoms with E-state index in [1.165, 1.54) is 41.6 Å². The van der Waals surface area contributed by atoms with Gasteiger partial charge in [0.1, 0.15) is 17.4 Å². The number of anilines is 1. The fraction of sp³-hybridized carbons (Fsp3) is 0.412. The molecule has 4 N–H and O–H groups in total. The predicted octanol–water partition coefficient (Wildman–Crippen LogP) is 10.3. The minimum Gasteiger partial charge on any atom is -0.398 e. The number of hydrogen-bond donors (Lipinski definition) is 3. The van der Waals surface area contributed by atoms with Gasteiger partial charge >= 0.3 is 0 Å². The number of rotatable bonds is 8. The van der Waals surface area contributed by atoms with Crippen molar-refractivity contribution in [2.45, 2.75) is 83.5 Å². The van der Waals surface area contributed by atoms with Crippen LogP contribution in [0, 0.1) is 59.0 Å². The van der Waals surface area contributed by atoms with Gasteiger partial charge in [0.15, 0.2) is 0 Å². The summed E-state index contributed by atoms with van der Waals surface area (Å²) < 4.78 is 27.5. The first-order valence-electron chi connectivity index (χ1n) is 22.2. The molecule has 4 aliphatic rings. The van der Waals surface area contributed by atoms with E-state index < -0.39 is 0 Å². The van der Waals surface area contributed by atoms with Crippen LogP contribution in [0.1, 0.15) is 93.7 Å². The summed E-state index contributed by atoms with van der Waals surface area (Å²) in [4.78, 5) is 59.6. The Morgan fingerprint density at radius 1 is 0.651 bits per heavy atom. The standard InChI is InChI=1S/C26H27FN2O2.C20H21ClFNO.C5H6N2O/c1-15(25(30)8-16-2-5-26(31)29-14-16)17-9-18-11-20(12-19(18)10-17)22-6-7-28-24-4-3-21(27)13-23(22)24;1-11(20(21)24)12-6-13-8-15(9-14(13)7-12)17-4-5-23-19-3-2-16(22)10-18(17)19;6-4-1-2-5(8)7-3-4/h2-7,13-15,17-20H,8-12H2,1H3,(H,29,31);2-5,10-15H,6-9H2,1H3;1-3H,6H2,(H,7,8)/t15?,17?,18-,19+,20?;11?,12?,13-,14+,15?;. The largest absolute Gasteiger partial charge is 0.398 e. The van der Waals surface area contributed by atoms with E-state index in [4.69, 9.17) is 17.3 Å². The number of nitrogens with two attached hydrogens (primary N) is 1. The van der Waals surface area contributed by atoms with Crippen molar-refractivity contribution in [2.24, 2.45) is 47.3 Å². The van der Waals surface area contributed by atoms with Gasteiger partial charge in [-0.05, 0) is 182 Å². The van der Waals surface area contributed by atoms with E-state index in [2.05, 4.69) is 39.0 Å². The second-order valence-electron chi connectivity index (χ2n) is 18.5. The summed E-state index contributed by atoms with van der Waals surface area (Å²) in [6, 6.07) is 19.9. The lowest BCUT2D eigenvalue weighted by molar-refractivity contribution is -0.123. The van der Waals surface area contributed by atoms with E-state index in [9.17, 15) is 28.0 Å². The lowest BCUT2D eigenvalue weighted by Gasteiger charge is -2.21. The molecule has 2 aromatic carbocycles. The molecule has 4 aliphatic carbocycles. The first-order chi connectivity index (χ1) is 30.3. The smallest absolute Gasteiger partial charge is 0.248 e. The van der Waals surface area contributed by atoms with Crippen LogP contribution < -0.4 is 16.9 Å². The zero-order valence-corrected chi connectivity index (χ0v) is 36.4. The van der Waals surface area contributed by atoms with Crippen molar-refractivity contribution in [3.63, 3.8) is 0 Å². The van der Waals surface area contributed by atoms with Gasteiger partial charge in [-0.25, -0.2) is 8.78 Å². The second kappa shape index (κ2) is 19.1. The Bertz CT molecular complexity index is 2670. The van der Waals surface area contributed by atoms with Gasteiger partial charge < -0.3 is 15.7 Å². The third kappa shape index (κ3) is 10.1. The number of aromatic nitrogens is 4. The van der Waals surface area contributed by atoms with Gasteiger partial charge in [0, 0.05) is 71.6 Å². The average molecular weight is 874 g/mol. The minimum atomic E-state index is -0.213. The van der Waals surface area contributed by atoms with Gasteiger partial charge in [-0.2, -0.15) is 0 Å². The molecule has 0 bridgehead atoms. The lowest BCUT2D eigenvalue weighted by atomic mass is 9.83. The van der Waals surface area contributed by atoms with Gasteiger partial charge in [0.2, 0.25) is 16.4 Å². The molecule has 4 aromatic heterocycles. The maximum atomic E-state index is 13.8. The Balaban J connectivity index is 0.000000150. The number of halogens is 3. The quantitative estimate of drug-likeness (QED) is 0.129. The van der Waals surface area contributed by atoms with Gasteiger partial charge in [0.25, 0.3) is 0 Å². The molecule has 0 aliphatic heterocycles. The molecule has 12 heteroatoms. The summed E-state index contributed by atoms with van der Waals surface area (Å²) in [6.07, 6.45) is 16.0. The van der Waals surface area contributed by atoms with Crippen LogP contribution >= 0.6 is 11.6 Å². The Hall–Kier alpha value is -5.55.